The SMILES string of the molecule is N#Cc1cc2c(cc1Cl)Oc1[nH]c(=S)[nH]c(=O)c1C2. The third-order valence-electron chi connectivity index (χ3n) is 2.85. The molecule has 0 amide bonds. The fourth-order valence-corrected chi connectivity index (χ4v) is 2.34. The zero-order chi connectivity index (χ0) is 13.6. The van der Waals surface area contributed by atoms with Gasteiger partial charge in [-0.1, -0.05) is 11.6 Å². The van der Waals surface area contributed by atoms with Gasteiger partial charge in [-0.05, 0) is 18.3 Å². The zero-order valence-corrected chi connectivity index (χ0v) is 11.0. The van der Waals surface area contributed by atoms with Crippen LogP contribution in [0.3, 0.4) is 0 Å². The Morgan fingerprint density at radius 2 is 2.21 bits per heavy atom. The van der Waals surface area contributed by atoms with E-state index in [4.69, 9.17) is 33.8 Å². The molecule has 1 aromatic heterocycles. The molecule has 19 heavy (non-hydrogen) atoms. The minimum absolute atomic E-state index is 0.201. The molecule has 0 radical (unpaired) electrons. The molecule has 0 fully saturated rings. The van der Waals surface area contributed by atoms with Crippen molar-refractivity contribution in [2.24, 2.45) is 0 Å². The number of nitrogens with one attached hydrogen (secondary N) is 2. The molecule has 2 N–H and O–H groups in total. The molecule has 3 rings (SSSR count). The van der Waals surface area contributed by atoms with Crippen LogP contribution in [0, 0.1) is 16.1 Å². The second kappa shape index (κ2) is 4.23. The Hall–Kier alpha value is -2.10. The fourth-order valence-electron chi connectivity index (χ4n) is 1.96. The third-order valence-corrected chi connectivity index (χ3v) is 3.37. The second-order valence-electron chi connectivity index (χ2n) is 4.05. The summed E-state index contributed by atoms with van der Waals surface area (Å²) in [6, 6.07) is 5.19. The van der Waals surface area contributed by atoms with E-state index in [0.29, 0.717) is 34.2 Å². The van der Waals surface area contributed by atoms with Gasteiger partial charge >= 0.3 is 0 Å². The van der Waals surface area contributed by atoms with Gasteiger partial charge in [-0.25, -0.2) is 0 Å². The number of H-pyrrole nitrogens is 2. The minimum atomic E-state index is -0.294. The van der Waals surface area contributed by atoms with Crippen LogP contribution in [-0.4, -0.2) is 9.97 Å². The minimum Gasteiger partial charge on any atom is -0.440 e. The maximum Gasteiger partial charge on any atom is 0.259 e. The normalized spacial score (nSPS) is 12.0. The lowest BCUT2D eigenvalue weighted by Gasteiger charge is -2.19. The van der Waals surface area contributed by atoms with Gasteiger partial charge < -0.3 is 9.72 Å². The number of rotatable bonds is 0. The van der Waals surface area contributed by atoms with Crippen LogP contribution in [-0.2, 0) is 6.42 Å². The number of hydrogen-bond acceptors (Lipinski definition) is 4. The molecule has 0 bridgehead atoms. The number of nitriles is 1. The number of benzene rings is 1. The summed E-state index contributed by atoms with van der Waals surface area (Å²) < 4.78 is 5.78. The first-order valence-electron chi connectivity index (χ1n) is 5.34. The van der Waals surface area contributed by atoms with Gasteiger partial charge in [0.1, 0.15) is 11.8 Å². The summed E-state index contributed by atoms with van der Waals surface area (Å²) in [5.41, 5.74) is 1.25. The van der Waals surface area contributed by atoms with E-state index in [1.807, 2.05) is 6.07 Å². The molecule has 5 nitrogen and oxygen atoms in total. The molecule has 1 aliphatic rings. The smallest absolute Gasteiger partial charge is 0.259 e. The van der Waals surface area contributed by atoms with Gasteiger partial charge in [0.25, 0.3) is 5.56 Å². The van der Waals surface area contributed by atoms with E-state index in [-0.39, 0.29) is 10.3 Å². The van der Waals surface area contributed by atoms with E-state index >= 15 is 0 Å². The molecular weight excluding hydrogens is 286 g/mol. The van der Waals surface area contributed by atoms with E-state index in [1.54, 1.807) is 12.1 Å². The largest absolute Gasteiger partial charge is 0.440 e. The standard InChI is InChI=1S/C12H6ClN3O2S/c13-8-3-9-5(1-6(8)4-14)2-7-10(17)15-12(19)16-11(7)18-9/h1,3H,2H2,(H2,15,16,17,19). The van der Waals surface area contributed by atoms with E-state index in [1.165, 1.54) is 0 Å². The Labute approximate surface area is 117 Å². The van der Waals surface area contributed by atoms with E-state index < -0.39 is 0 Å². The van der Waals surface area contributed by atoms with Crippen LogP contribution in [0.2, 0.25) is 5.02 Å². The van der Waals surface area contributed by atoms with Crippen molar-refractivity contribution < 1.29 is 4.74 Å². The van der Waals surface area contributed by atoms with Crippen LogP contribution in [0.15, 0.2) is 16.9 Å². The van der Waals surface area contributed by atoms with Crippen molar-refractivity contribution in [1.29, 1.82) is 5.26 Å². The predicted molar refractivity (Wildman–Crippen MR) is 71.3 cm³/mol. The zero-order valence-electron chi connectivity index (χ0n) is 9.41. The van der Waals surface area contributed by atoms with E-state index in [0.717, 1.165) is 5.56 Å². The van der Waals surface area contributed by atoms with Gasteiger partial charge in [-0.3, -0.25) is 9.78 Å². The summed E-state index contributed by atoms with van der Waals surface area (Å²) in [5, 5.41) is 9.26. The van der Waals surface area contributed by atoms with Crippen molar-refractivity contribution in [2.75, 3.05) is 0 Å². The summed E-state index contributed by atoms with van der Waals surface area (Å²) in [4.78, 5) is 17.1. The Morgan fingerprint density at radius 1 is 1.42 bits per heavy atom. The molecule has 0 aliphatic carbocycles. The molecule has 0 saturated carbocycles. The maximum atomic E-state index is 11.8. The quantitative estimate of drug-likeness (QED) is 0.624. The lowest BCUT2D eigenvalue weighted by molar-refractivity contribution is 0.436. The molecule has 2 heterocycles. The third kappa shape index (κ3) is 1.93. The summed E-state index contributed by atoms with van der Waals surface area (Å²) in [7, 11) is 0. The highest BCUT2D eigenvalue weighted by Crippen LogP contribution is 2.36. The number of hydrogen-bond donors (Lipinski definition) is 2. The average Bonchev–Trinajstić information content (AvgIpc) is 2.36. The van der Waals surface area contributed by atoms with E-state index in [9.17, 15) is 4.79 Å². The van der Waals surface area contributed by atoms with Gasteiger partial charge in [-0.15, -0.1) is 0 Å². The first-order valence-corrected chi connectivity index (χ1v) is 6.13. The number of aromatic amines is 2. The van der Waals surface area contributed by atoms with Gasteiger partial charge in [0, 0.05) is 18.1 Å². The van der Waals surface area contributed by atoms with Crippen LogP contribution >= 0.6 is 23.8 Å². The van der Waals surface area contributed by atoms with Gasteiger partial charge in [0.05, 0.1) is 16.1 Å². The van der Waals surface area contributed by atoms with Crippen LogP contribution in [0.1, 0.15) is 16.7 Å². The Kier molecular flexibility index (Phi) is 2.66. The molecule has 0 saturated heterocycles. The summed E-state index contributed by atoms with van der Waals surface area (Å²) >= 11 is 10.8. The van der Waals surface area contributed by atoms with Crippen molar-refractivity contribution in [3.8, 4) is 17.7 Å². The van der Waals surface area contributed by atoms with Crippen molar-refractivity contribution in [1.82, 2.24) is 9.97 Å². The molecule has 7 heteroatoms. The predicted octanol–water partition coefficient (Wildman–Crippen LogP) is 2.65. The topological polar surface area (TPSA) is 81.7 Å². The van der Waals surface area contributed by atoms with Crippen molar-refractivity contribution in [3.63, 3.8) is 0 Å². The highest BCUT2D eigenvalue weighted by molar-refractivity contribution is 7.71. The Morgan fingerprint density at radius 3 is 2.95 bits per heavy atom. The summed E-state index contributed by atoms with van der Waals surface area (Å²) in [6.07, 6.45) is 0.359. The second-order valence-corrected chi connectivity index (χ2v) is 4.86. The van der Waals surface area contributed by atoms with Crippen LogP contribution in [0.25, 0.3) is 0 Å². The first kappa shape index (κ1) is 12.0. The molecular formula is C12H6ClN3O2S. The highest BCUT2D eigenvalue weighted by atomic mass is 35.5. The first-order chi connectivity index (χ1) is 9.08. The average molecular weight is 292 g/mol. The molecule has 0 unspecified atom stereocenters. The molecule has 2 aromatic rings. The van der Waals surface area contributed by atoms with Gasteiger partial charge in [-0.2, -0.15) is 5.26 Å². The lowest BCUT2D eigenvalue weighted by Crippen LogP contribution is -2.19. The Bertz CT molecular complexity index is 848. The van der Waals surface area contributed by atoms with E-state index in [2.05, 4.69) is 9.97 Å². The van der Waals surface area contributed by atoms with Crippen LogP contribution < -0.4 is 10.3 Å². The molecule has 1 aliphatic heterocycles. The number of fused-ring (bicyclic) bond motifs is 2. The van der Waals surface area contributed by atoms with Crippen LogP contribution in [0.5, 0.6) is 11.6 Å². The van der Waals surface area contributed by atoms with Gasteiger partial charge in [0.15, 0.2) is 4.77 Å². The van der Waals surface area contributed by atoms with Crippen molar-refractivity contribution in [2.45, 2.75) is 6.42 Å². The highest BCUT2D eigenvalue weighted by Gasteiger charge is 2.22. The number of halogens is 1. The number of nitrogens with zero attached hydrogens (tertiary/aromatic N) is 1. The van der Waals surface area contributed by atoms with Crippen molar-refractivity contribution in [3.05, 3.63) is 49.0 Å². The maximum absolute atomic E-state index is 11.8. The summed E-state index contributed by atoms with van der Waals surface area (Å²) in [6.45, 7) is 0. The lowest BCUT2D eigenvalue weighted by atomic mass is 10.0. The van der Waals surface area contributed by atoms with Crippen LogP contribution in [0.4, 0.5) is 0 Å². The van der Waals surface area contributed by atoms with Crippen molar-refractivity contribution >= 4 is 23.8 Å². The fraction of sp³-hybridized carbons (Fsp3) is 0.0833. The molecule has 0 atom stereocenters. The monoisotopic (exact) mass is 291 g/mol. The number of aromatic nitrogens is 2. The number of ether oxygens (including phenoxy) is 1. The van der Waals surface area contributed by atoms with Gasteiger partial charge in [0.2, 0.25) is 5.88 Å². The summed E-state index contributed by atoms with van der Waals surface area (Å²) in [5.74, 6) is 0.842. The molecule has 0 spiro atoms. The molecule has 94 valence electrons. The Balaban J connectivity index is 2.20. The molecule has 1 aromatic carbocycles.